The number of aromatic nitrogens is 1. The van der Waals surface area contributed by atoms with Crippen LogP contribution in [0, 0.1) is 6.92 Å². The number of hydrazone groups is 1. The second-order valence-electron chi connectivity index (χ2n) is 7.75. The van der Waals surface area contributed by atoms with Crippen molar-refractivity contribution in [3.8, 4) is 11.5 Å². The first-order valence-corrected chi connectivity index (χ1v) is 10.7. The molecule has 0 saturated heterocycles. The topological polar surface area (TPSA) is 64.8 Å². The van der Waals surface area contributed by atoms with Crippen molar-refractivity contribution in [2.24, 2.45) is 5.10 Å². The average molecular weight is 442 g/mol. The van der Waals surface area contributed by atoms with Gasteiger partial charge in [0.05, 0.1) is 26.9 Å². The van der Waals surface area contributed by atoms with Crippen LogP contribution in [0.1, 0.15) is 22.4 Å². The monoisotopic (exact) mass is 441 g/mol. The first-order chi connectivity index (χ1) is 16.1. The van der Waals surface area contributed by atoms with Gasteiger partial charge < -0.3 is 14.0 Å². The van der Waals surface area contributed by atoms with E-state index in [1.165, 1.54) is 5.56 Å². The molecule has 0 aliphatic heterocycles. The van der Waals surface area contributed by atoms with E-state index in [0.29, 0.717) is 11.5 Å². The smallest absolute Gasteiger partial charge is 0.244 e. The number of rotatable bonds is 8. The Kier molecular flexibility index (Phi) is 6.74. The number of nitrogens with zero attached hydrogens (tertiary/aromatic N) is 2. The second kappa shape index (κ2) is 10.0. The van der Waals surface area contributed by atoms with Gasteiger partial charge in [0, 0.05) is 28.7 Å². The van der Waals surface area contributed by atoms with Crippen molar-refractivity contribution in [2.45, 2.75) is 19.9 Å². The number of nitrogens with one attached hydrogen (secondary N) is 1. The molecular formula is C27H27N3O3. The van der Waals surface area contributed by atoms with Crippen LogP contribution < -0.4 is 14.9 Å². The molecule has 1 amide bonds. The van der Waals surface area contributed by atoms with Crippen molar-refractivity contribution in [1.29, 1.82) is 0 Å². The Morgan fingerprint density at radius 2 is 1.67 bits per heavy atom. The van der Waals surface area contributed by atoms with Crippen LogP contribution in [-0.4, -0.2) is 30.9 Å². The number of methoxy groups -OCH3 is 2. The summed E-state index contributed by atoms with van der Waals surface area (Å²) in [5.41, 5.74) is 7.92. The van der Waals surface area contributed by atoms with Crippen LogP contribution in [0.15, 0.2) is 77.9 Å². The first-order valence-electron chi connectivity index (χ1n) is 10.7. The summed E-state index contributed by atoms with van der Waals surface area (Å²) < 4.78 is 12.8. The molecule has 0 aliphatic rings. The van der Waals surface area contributed by atoms with Gasteiger partial charge in [0.2, 0.25) is 5.91 Å². The molecule has 4 aromatic rings. The third kappa shape index (κ3) is 4.90. The number of hydrogen-bond acceptors (Lipinski definition) is 4. The zero-order valence-corrected chi connectivity index (χ0v) is 19.0. The van der Waals surface area contributed by atoms with Crippen LogP contribution >= 0.6 is 0 Å². The van der Waals surface area contributed by atoms with Gasteiger partial charge in [0.1, 0.15) is 0 Å². The molecule has 1 heterocycles. The van der Waals surface area contributed by atoms with E-state index in [-0.39, 0.29) is 12.3 Å². The third-order valence-corrected chi connectivity index (χ3v) is 5.66. The lowest BCUT2D eigenvalue weighted by atomic mass is 10.1. The van der Waals surface area contributed by atoms with Gasteiger partial charge in [-0.05, 0) is 36.2 Å². The van der Waals surface area contributed by atoms with Crippen molar-refractivity contribution >= 4 is 23.0 Å². The summed E-state index contributed by atoms with van der Waals surface area (Å²) in [5.74, 6) is 1.01. The van der Waals surface area contributed by atoms with E-state index in [1.807, 2.05) is 36.4 Å². The Morgan fingerprint density at radius 3 is 2.42 bits per heavy atom. The molecule has 0 radical (unpaired) electrons. The van der Waals surface area contributed by atoms with Crippen LogP contribution in [0.4, 0.5) is 0 Å². The van der Waals surface area contributed by atoms with E-state index >= 15 is 0 Å². The summed E-state index contributed by atoms with van der Waals surface area (Å²) in [6.07, 6.45) is 1.91. The van der Waals surface area contributed by atoms with Gasteiger partial charge in [-0.3, -0.25) is 4.79 Å². The molecule has 168 valence electrons. The van der Waals surface area contributed by atoms with E-state index < -0.39 is 0 Å². The lowest BCUT2D eigenvalue weighted by Crippen LogP contribution is -2.19. The minimum absolute atomic E-state index is 0.187. The molecule has 4 rings (SSSR count). The van der Waals surface area contributed by atoms with Crippen molar-refractivity contribution < 1.29 is 14.3 Å². The summed E-state index contributed by atoms with van der Waals surface area (Å²) in [6, 6.07) is 24.0. The Balaban J connectivity index is 1.51. The maximum Gasteiger partial charge on any atom is 0.244 e. The van der Waals surface area contributed by atoms with Crippen molar-refractivity contribution in [3.05, 3.63) is 95.2 Å². The first kappa shape index (κ1) is 22.1. The van der Waals surface area contributed by atoms with Crippen molar-refractivity contribution in [1.82, 2.24) is 9.99 Å². The summed E-state index contributed by atoms with van der Waals surface area (Å²) in [4.78, 5) is 12.4. The maximum absolute atomic E-state index is 12.4. The number of ether oxygens (including phenoxy) is 2. The fourth-order valence-corrected chi connectivity index (χ4v) is 3.97. The number of para-hydroxylation sites is 1. The van der Waals surface area contributed by atoms with Crippen LogP contribution in [-0.2, 0) is 17.8 Å². The molecular weight excluding hydrogens is 414 g/mol. The quantitative estimate of drug-likeness (QED) is 0.318. The Bertz CT molecular complexity index is 1290. The Hall–Kier alpha value is -4.06. The van der Waals surface area contributed by atoms with E-state index in [2.05, 4.69) is 46.3 Å². The fourth-order valence-electron chi connectivity index (χ4n) is 3.97. The standard InChI is InChI=1S/C27H27N3O3/c1-19-23(17-28-29-27(31)16-21-13-14-25(32-2)26(15-21)33-3)22-11-7-8-12-24(22)30(19)18-20-9-5-4-6-10-20/h4-15,17H,16,18H2,1-3H3,(H,29,31)/b28-17-. The lowest BCUT2D eigenvalue weighted by molar-refractivity contribution is -0.120. The largest absolute Gasteiger partial charge is 0.493 e. The number of hydrogen-bond donors (Lipinski definition) is 1. The molecule has 6 nitrogen and oxygen atoms in total. The zero-order chi connectivity index (χ0) is 23.2. The summed E-state index contributed by atoms with van der Waals surface area (Å²) in [7, 11) is 3.15. The Morgan fingerprint density at radius 1 is 0.939 bits per heavy atom. The predicted molar refractivity (Wildman–Crippen MR) is 131 cm³/mol. The van der Waals surface area contributed by atoms with E-state index in [9.17, 15) is 4.79 Å². The minimum atomic E-state index is -0.204. The van der Waals surface area contributed by atoms with Crippen LogP contribution in [0.3, 0.4) is 0 Å². The second-order valence-corrected chi connectivity index (χ2v) is 7.75. The number of carbonyl (C=O) groups is 1. The third-order valence-electron chi connectivity index (χ3n) is 5.66. The summed E-state index contributed by atoms with van der Waals surface area (Å²) in [6.45, 7) is 2.85. The van der Waals surface area contributed by atoms with Gasteiger partial charge in [0.15, 0.2) is 11.5 Å². The van der Waals surface area contributed by atoms with Gasteiger partial charge in [-0.15, -0.1) is 0 Å². The molecule has 33 heavy (non-hydrogen) atoms. The number of benzene rings is 3. The van der Waals surface area contributed by atoms with Crippen LogP contribution in [0.5, 0.6) is 11.5 Å². The van der Waals surface area contributed by atoms with E-state index in [0.717, 1.165) is 34.3 Å². The lowest BCUT2D eigenvalue weighted by Gasteiger charge is -2.09. The summed E-state index contributed by atoms with van der Waals surface area (Å²) in [5, 5.41) is 5.35. The minimum Gasteiger partial charge on any atom is -0.493 e. The molecule has 6 heteroatoms. The molecule has 0 atom stereocenters. The average Bonchev–Trinajstić information content (AvgIpc) is 3.10. The fraction of sp³-hybridized carbons (Fsp3) is 0.185. The molecule has 3 aromatic carbocycles. The molecule has 0 saturated carbocycles. The zero-order valence-electron chi connectivity index (χ0n) is 19.0. The maximum atomic E-state index is 12.4. The van der Waals surface area contributed by atoms with E-state index in [1.54, 1.807) is 32.6 Å². The van der Waals surface area contributed by atoms with Gasteiger partial charge in [0.25, 0.3) is 0 Å². The molecule has 1 aromatic heterocycles. The molecule has 0 aliphatic carbocycles. The predicted octanol–water partition coefficient (Wildman–Crippen LogP) is 4.71. The molecule has 1 N–H and O–H groups in total. The van der Waals surface area contributed by atoms with Crippen LogP contribution in [0.25, 0.3) is 10.9 Å². The highest BCUT2D eigenvalue weighted by molar-refractivity contribution is 6.01. The van der Waals surface area contributed by atoms with Gasteiger partial charge >= 0.3 is 0 Å². The molecule has 0 unspecified atom stereocenters. The molecule has 0 fully saturated rings. The highest BCUT2D eigenvalue weighted by Gasteiger charge is 2.13. The normalized spacial score (nSPS) is 11.1. The number of fused-ring (bicyclic) bond motifs is 1. The Labute approximate surface area is 193 Å². The SMILES string of the molecule is COc1ccc(CC(=O)N/N=C\c2c(C)n(Cc3ccccc3)c3ccccc23)cc1OC. The number of carbonyl (C=O) groups excluding carboxylic acids is 1. The number of amides is 1. The van der Waals surface area contributed by atoms with Crippen molar-refractivity contribution in [3.63, 3.8) is 0 Å². The van der Waals surface area contributed by atoms with E-state index in [4.69, 9.17) is 9.47 Å². The summed E-state index contributed by atoms with van der Waals surface area (Å²) >= 11 is 0. The van der Waals surface area contributed by atoms with Gasteiger partial charge in [-0.25, -0.2) is 5.43 Å². The highest BCUT2D eigenvalue weighted by Crippen LogP contribution is 2.28. The molecule has 0 bridgehead atoms. The van der Waals surface area contributed by atoms with Crippen LogP contribution in [0.2, 0.25) is 0 Å². The van der Waals surface area contributed by atoms with Gasteiger partial charge in [-0.2, -0.15) is 5.10 Å². The van der Waals surface area contributed by atoms with Crippen molar-refractivity contribution in [2.75, 3.05) is 14.2 Å². The molecule has 0 spiro atoms. The highest BCUT2D eigenvalue weighted by atomic mass is 16.5. The van der Waals surface area contributed by atoms with Gasteiger partial charge in [-0.1, -0.05) is 54.6 Å².